The number of hydrogen-bond acceptors (Lipinski definition) is 6. The smallest absolute Gasteiger partial charge is 0.264 e. The van der Waals surface area contributed by atoms with E-state index in [9.17, 15) is 4.79 Å². The third-order valence-corrected chi connectivity index (χ3v) is 7.27. The van der Waals surface area contributed by atoms with E-state index in [-0.39, 0.29) is 18.1 Å². The van der Waals surface area contributed by atoms with Crippen LogP contribution in [0.5, 0.6) is 5.75 Å². The molecule has 4 aromatic rings. The first-order chi connectivity index (χ1) is 17.0. The van der Waals surface area contributed by atoms with Crippen LogP contribution in [0.4, 0.5) is 0 Å². The van der Waals surface area contributed by atoms with E-state index in [1.807, 2.05) is 67.4 Å². The zero-order valence-electron chi connectivity index (χ0n) is 19.8. The Morgan fingerprint density at radius 3 is 2.51 bits per heavy atom. The number of thiophene rings is 1. The molecule has 2 aromatic carbocycles. The maximum Gasteiger partial charge on any atom is 0.264 e. The van der Waals surface area contributed by atoms with Crippen molar-refractivity contribution < 1.29 is 14.3 Å². The number of rotatable bonds is 4. The first-order valence-corrected chi connectivity index (χ1v) is 12.3. The number of nitriles is 1. The highest BCUT2D eigenvalue weighted by Gasteiger charge is 2.28. The van der Waals surface area contributed by atoms with E-state index in [2.05, 4.69) is 6.07 Å². The maximum atomic E-state index is 13.2. The van der Waals surface area contributed by atoms with E-state index < -0.39 is 0 Å². The number of carbonyl (C=O) groups is 1. The topological polar surface area (TPSA) is 75.4 Å². The molecular formula is C28H25N3O3S. The number of aromatic nitrogens is 1. The molecule has 1 aliphatic rings. The normalized spacial score (nSPS) is 17.8. The molecule has 0 saturated carbocycles. The Labute approximate surface area is 208 Å². The molecule has 5 rings (SSSR count). The number of morpholine rings is 1. The van der Waals surface area contributed by atoms with E-state index in [1.54, 1.807) is 19.2 Å². The molecular weight excluding hydrogens is 458 g/mol. The Balaban J connectivity index is 1.51. The van der Waals surface area contributed by atoms with Gasteiger partial charge in [-0.05, 0) is 49.7 Å². The van der Waals surface area contributed by atoms with Crippen LogP contribution in [0.3, 0.4) is 0 Å². The molecule has 3 heterocycles. The van der Waals surface area contributed by atoms with Gasteiger partial charge in [0.15, 0.2) is 0 Å². The number of methoxy groups -OCH3 is 1. The quantitative estimate of drug-likeness (QED) is 0.369. The lowest BCUT2D eigenvalue weighted by Crippen LogP contribution is -2.48. The van der Waals surface area contributed by atoms with Crippen LogP contribution in [0, 0.1) is 11.3 Å². The molecule has 0 unspecified atom stereocenters. The molecule has 6 nitrogen and oxygen atoms in total. The number of carbonyl (C=O) groups excluding carboxylic acids is 1. The zero-order chi connectivity index (χ0) is 24.5. The molecule has 1 amide bonds. The standard InChI is InChI=1S/C28H25N3O3S/c1-17-15-31(16-18(2)34-17)28(32)25-12-11-24(35-25)23-14-30-26-21(5-4-6-22(26)27(23)33-3)20-9-7-19(13-29)8-10-20/h4-12,14,17-18H,15-16H2,1-3H3/t17-,18+. The molecule has 176 valence electrons. The van der Waals surface area contributed by atoms with Crippen molar-refractivity contribution in [3.63, 3.8) is 0 Å². The molecule has 1 aliphatic heterocycles. The van der Waals surface area contributed by atoms with Crippen molar-refractivity contribution in [2.24, 2.45) is 0 Å². The van der Waals surface area contributed by atoms with E-state index in [1.165, 1.54) is 11.3 Å². The van der Waals surface area contributed by atoms with Crippen molar-refractivity contribution in [1.82, 2.24) is 9.88 Å². The van der Waals surface area contributed by atoms with Crippen LogP contribution in [0.2, 0.25) is 0 Å². The summed E-state index contributed by atoms with van der Waals surface area (Å²) < 4.78 is 11.6. The fraction of sp³-hybridized carbons (Fsp3) is 0.250. The van der Waals surface area contributed by atoms with Gasteiger partial charge in [-0.3, -0.25) is 9.78 Å². The summed E-state index contributed by atoms with van der Waals surface area (Å²) in [6.45, 7) is 5.17. The largest absolute Gasteiger partial charge is 0.495 e. The van der Waals surface area contributed by atoms with Gasteiger partial charge in [-0.1, -0.05) is 24.3 Å². The number of para-hydroxylation sites is 1. The summed E-state index contributed by atoms with van der Waals surface area (Å²) in [4.78, 5) is 21.4. The molecule has 1 fully saturated rings. The van der Waals surface area contributed by atoms with Crippen molar-refractivity contribution in [2.45, 2.75) is 26.1 Å². The number of benzene rings is 2. The average Bonchev–Trinajstić information content (AvgIpc) is 3.36. The number of hydrogen-bond donors (Lipinski definition) is 0. The fourth-order valence-corrected chi connectivity index (χ4v) is 5.63. The van der Waals surface area contributed by atoms with E-state index in [0.29, 0.717) is 23.5 Å². The average molecular weight is 484 g/mol. The first-order valence-electron chi connectivity index (χ1n) is 11.5. The third-order valence-electron chi connectivity index (χ3n) is 6.17. The second-order valence-corrected chi connectivity index (χ2v) is 9.81. The van der Waals surface area contributed by atoms with Crippen molar-refractivity contribution in [3.05, 3.63) is 71.2 Å². The lowest BCUT2D eigenvalue weighted by molar-refractivity contribution is -0.0585. The first kappa shape index (κ1) is 23.0. The number of fused-ring (bicyclic) bond motifs is 1. The van der Waals surface area contributed by atoms with E-state index in [0.717, 1.165) is 38.2 Å². The molecule has 0 aliphatic carbocycles. The van der Waals surface area contributed by atoms with Gasteiger partial charge in [0, 0.05) is 35.1 Å². The summed E-state index contributed by atoms with van der Waals surface area (Å²) in [6, 6.07) is 19.5. The molecule has 0 spiro atoms. The summed E-state index contributed by atoms with van der Waals surface area (Å²) in [5, 5.41) is 10.00. The minimum atomic E-state index is 0.0252. The molecule has 0 bridgehead atoms. The highest BCUT2D eigenvalue weighted by molar-refractivity contribution is 7.17. The zero-order valence-corrected chi connectivity index (χ0v) is 20.6. The summed E-state index contributed by atoms with van der Waals surface area (Å²) in [6.07, 6.45) is 1.86. The van der Waals surface area contributed by atoms with Gasteiger partial charge < -0.3 is 14.4 Å². The Bertz CT molecular complexity index is 1430. The van der Waals surface area contributed by atoms with Crippen LogP contribution in [0.15, 0.2) is 60.8 Å². The summed E-state index contributed by atoms with van der Waals surface area (Å²) >= 11 is 1.45. The van der Waals surface area contributed by atoms with Crippen LogP contribution < -0.4 is 4.74 Å². The highest BCUT2D eigenvalue weighted by Crippen LogP contribution is 2.41. The van der Waals surface area contributed by atoms with Crippen molar-refractivity contribution in [3.8, 4) is 33.4 Å². The van der Waals surface area contributed by atoms with E-state index >= 15 is 0 Å². The van der Waals surface area contributed by atoms with Crippen molar-refractivity contribution >= 4 is 28.1 Å². The fourth-order valence-electron chi connectivity index (χ4n) is 4.65. The van der Waals surface area contributed by atoms with Gasteiger partial charge in [0.25, 0.3) is 5.91 Å². The minimum absolute atomic E-state index is 0.0252. The lowest BCUT2D eigenvalue weighted by atomic mass is 9.99. The summed E-state index contributed by atoms with van der Waals surface area (Å²) in [5.41, 5.74) is 4.24. The Morgan fingerprint density at radius 2 is 1.83 bits per heavy atom. The minimum Gasteiger partial charge on any atom is -0.495 e. The molecule has 0 radical (unpaired) electrons. The van der Waals surface area contributed by atoms with Crippen LogP contribution in [-0.2, 0) is 4.74 Å². The Kier molecular flexibility index (Phi) is 6.25. The van der Waals surface area contributed by atoms with Gasteiger partial charge in [-0.15, -0.1) is 11.3 Å². The SMILES string of the molecule is COc1c(-c2ccc(C(=O)N3C[C@@H](C)O[C@@H](C)C3)s2)cnc2c(-c3ccc(C#N)cc3)cccc12. The van der Waals surface area contributed by atoms with Gasteiger partial charge in [-0.25, -0.2) is 0 Å². The molecule has 7 heteroatoms. The Morgan fingerprint density at radius 1 is 1.09 bits per heavy atom. The highest BCUT2D eigenvalue weighted by atomic mass is 32.1. The van der Waals surface area contributed by atoms with Crippen LogP contribution in [0.1, 0.15) is 29.1 Å². The summed E-state index contributed by atoms with van der Waals surface area (Å²) in [5.74, 6) is 0.749. The van der Waals surface area contributed by atoms with Crippen LogP contribution in [0.25, 0.3) is 32.5 Å². The van der Waals surface area contributed by atoms with Crippen LogP contribution in [-0.4, -0.2) is 48.2 Å². The second kappa shape index (κ2) is 9.49. The number of nitrogens with zero attached hydrogens (tertiary/aromatic N) is 3. The molecule has 35 heavy (non-hydrogen) atoms. The van der Waals surface area contributed by atoms with Crippen LogP contribution >= 0.6 is 11.3 Å². The number of ether oxygens (including phenoxy) is 2. The molecule has 2 aromatic heterocycles. The molecule has 1 saturated heterocycles. The van der Waals surface area contributed by atoms with Gasteiger partial charge in [0.1, 0.15) is 5.75 Å². The molecule has 2 atom stereocenters. The lowest BCUT2D eigenvalue weighted by Gasteiger charge is -2.35. The third kappa shape index (κ3) is 4.39. The predicted octanol–water partition coefficient (Wildman–Crippen LogP) is 5.76. The monoisotopic (exact) mass is 483 g/mol. The number of pyridine rings is 1. The molecule has 0 N–H and O–H groups in total. The summed E-state index contributed by atoms with van der Waals surface area (Å²) in [7, 11) is 1.66. The predicted molar refractivity (Wildman–Crippen MR) is 138 cm³/mol. The Hall–Kier alpha value is -3.73. The van der Waals surface area contributed by atoms with Gasteiger partial charge in [-0.2, -0.15) is 5.26 Å². The van der Waals surface area contributed by atoms with Crippen molar-refractivity contribution in [2.75, 3.05) is 20.2 Å². The van der Waals surface area contributed by atoms with E-state index in [4.69, 9.17) is 19.7 Å². The second-order valence-electron chi connectivity index (χ2n) is 8.73. The van der Waals surface area contributed by atoms with Crippen molar-refractivity contribution in [1.29, 1.82) is 5.26 Å². The van der Waals surface area contributed by atoms with Gasteiger partial charge >= 0.3 is 0 Å². The maximum absolute atomic E-state index is 13.2. The number of amides is 1. The van der Waals surface area contributed by atoms with Gasteiger partial charge in [0.05, 0.1) is 46.9 Å². The van der Waals surface area contributed by atoms with Gasteiger partial charge in [0.2, 0.25) is 0 Å².